The molecule has 1 fully saturated rings. The van der Waals surface area contributed by atoms with E-state index in [0.717, 1.165) is 43.1 Å². The van der Waals surface area contributed by atoms with Crippen molar-refractivity contribution in [3.63, 3.8) is 0 Å². The summed E-state index contributed by atoms with van der Waals surface area (Å²) in [5.41, 5.74) is 4.75. The van der Waals surface area contributed by atoms with Gasteiger partial charge in [0.05, 0.1) is 11.2 Å². The lowest BCUT2D eigenvalue weighted by atomic mass is 10.1. The Morgan fingerprint density at radius 2 is 1.96 bits per heavy atom. The molecule has 0 saturated heterocycles. The van der Waals surface area contributed by atoms with Gasteiger partial charge >= 0.3 is 0 Å². The van der Waals surface area contributed by atoms with Crippen LogP contribution < -0.4 is 0 Å². The molecule has 4 heteroatoms. The fourth-order valence-corrected chi connectivity index (χ4v) is 3.49. The molecule has 0 amide bonds. The van der Waals surface area contributed by atoms with Crippen LogP contribution in [0.15, 0.2) is 42.6 Å². The Bertz CT molecular complexity index is 901. The van der Waals surface area contributed by atoms with Crippen molar-refractivity contribution in [2.24, 2.45) is 0 Å². The van der Waals surface area contributed by atoms with Gasteiger partial charge in [-0.15, -0.1) is 0 Å². The fourth-order valence-electron chi connectivity index (χ4n) is 3.49. The maximum Gasteiger partial charge on any atom is 0.131 e. The van der Waals surface area contributed by atoms with Gasteiger partial charge in [0.2, 0.25) is 0 Å². The third-order valence-electron chi connectivity index (χ3n) is 5.02. The minimum Gasteiger partial charge on any atom is -0.293 e. The standard InChI is InChI=1S/C20H20N4/c1-2-4-18-14(3-1)7-8-17(22-18)13-24-10-9-19-16(12-24)11-21-20(23-19)15-5-6-15/h1-4,7-8,11,15H,5-6,9-10,12-13H2. The molecule has 3 heterocycles. The van der Waals surface area contributed by atoms with Gasteiger partial charge in [0.25, 0.3) is 0 Å². The van der Waals surface area contributed by atoms with Crippen molar-refractivity contribution in [2.45, 2.75) is 38.3 Å². The van der Waals surface area contributed by atoms with Crippen LogP contribution in [0.1, 0.15) is 41.5 Å². The second-order valence-corrected chi connectivity index (χ2v) is 6.93. The highest BCUT2D eigenvalue weighted by atomic mass is 15.1. The Morgan fingerprint density at radius 3 is 2.88 bits per heavy atom. The van der Waals surface area contributed by atoms with Gasteiger partial charge in [0, 0.05) is 54.8 Å². The Labute approximate surface area is 141 Å². The quantitative estimate of drug-likeness (QED) is 0.742. The Balaban J connectivity index is 1.34. The lowest BCUT2D eigenvalue weighted by Crippen LogP contribution is -2.31. The number of benzene rings is 1. The van der Waals surface area contributed by atoms with Crippen LogP contribution >= 0.6 is 0 Å². The molecule has 1 aromatic carbocycles. The summed E-state index contributed by atoms with van der Waals surface area (Å²) in [7, 11) is 0. The highest BCUT2D eigenvalue weighted by molar-refractivity contribution is 5.78. The van der Waals surface area contributed by atoms with Crippen LogP contribution in [0.2, 0.25) is 0 Å². The second-order valence-electron chi connectivity index (χ2n) is 6.93. The molecule has 5 rings (SSSR count). The molecule has 3 aromatic rings. The maximum atomic E-state index is 4.80. The third kappa shape index (κ3) is 2.67. The van der Waals surface area contributed by atoms with Crippen LogP contribution in [0.5, 0.6) is 0 Å². The SMILES string of the molecule is c1ccc2nc(CN3CCc4nc(C5CC5)ncc4C3)ccc2c1. The van der Waals surface area contributed by atoms with Gasteiger partial charge in [-0.05, 0) is 25.0 Å². The number of fused-ring (bicyclic) bond motifs is 2. The zero-order valence-electron chi connectivity index (χ0n) is 13.7. The molecule has 0 unspecified atom stereocenters. The topological polar surface area (TPSA) is 41.9 Å². The average molecular weight is 316 g/mol. The van der Waals surface area contributed by atoms with Gasteiger partial charge in [-0.25, -0.2) is 9.97 Å². The van der Waals surface area contributed by atoms with Crippen molar-refractivity contribution in [1.82, 2.24) is 19.9 Å². The number of hydrogen-bond donors (Lipinski definition) is 0. The van der Waals surface area contributed by atoms with Crippen LogP contribution in [-0.4, -0.2) is 26.4 Å². The van der Waals surface area contributed by atoms with Gasteiger partial charge in [-0.2, -0.15) is 0 Å². The van der Waals surface area contributed by atoms with E-state index in [2.05, 4.69) is 46.4 Å². The van der Waals surface area contributed by atoms with Crippen molar-refractivity contribution in [3.8, 4) is 0 Å². The van der Waals surface area contributed by atoms with E-state index in [1.54, 1.807) is 0 Å². The van der Waals surface area contributed by atoms with Gasteiger partial charge in [-0.1, -0.05) is 24.3 Å². The molecule has 2 aromatic heterocycles. The van der Waals surface area contributed by atoms with Gasteiger partial charge in [0.1, 0.15) is 5.82 Å². The van der Waals surface area contributed by atoms with Crippen LogP contribution in [0.25, 0.3) is 10.9 Å². The number of pyridine rings is 1. The smallest absolute Gasteiger partial charge is 0.131 e. The molecule has 24 heavy (non-hydrogen) atoms. The zero-order chi connectivity index (χ0) is 15.9. The van der Waals surface area contributed by atoms with Crippen molar-refractivity contribution >= 4 is 10.9 Å². The minimum atomic E-state index is 0.634. The molecule has 0 spiro atoms. The molecule has 2 aliphatic rings. The summed E-state index contributed by atoms with van der Waals surface area (Å²) >= 11 is 0. The van der Waals surface area contributed by atoms with Crippen LogP contribution in [0, 0.1) is 0 Å². The van der Waals surface area contributed by atoms with Crippen LogP contribution in [-0.2, 0) is 19.5 Å². The first-order chi connectivity index (χ1) is 11.8. The summed E-state index contributed by atoms with van der Waals surface area (Å²) in [4.78, 5) is 16.6. The number of para-hydroxylation sites is 1. The number of nitrogens with zero attached hydrogens (tertiary/aromatic N) is 4. The molecule has 1 aliphatic heterocycles. The first-order valence-corrected chi connectivity index (χ1v) is 8.77. The predicted octanol–water partition coefficient (Wildman–Crippen LogP) is 3.46. The van der Waals surface area contributed by atoms with Crippen molar-refractivity contribution in [2.75, 3.05) is 6.54 Å². The van der Waals surface area contributed by atoms with Crippen LogP contribution in [0.4, 0.5) is 0 Å². The lowest BCUT2D eigenvalue weighted by molar-refractivity contribution is 0.240. The summed E-state index contributed by atoms with van der Waals surface area (Å²) in [6.07, 6.45) is 5.60. The minimum absolute atomic E-state index is 0.634. The molecule has 0 atom stereocenters. The number of aromatic nitrogens is 3. The molecule has 0 bridgehead atoms. The van der Waals surface area contributed by atoms with E-state index in [-0.39, 0.29) is 0 Å². The average Bonchev–Trinajstić information content (AvgIpc) is 3.46. The van der Waals surface area contributed by atoms with Crippen molar-refractivity contribution in [1.29, 1.82) is 0 Å². The van der Waals surface area contributed by atoms with Crippen molar-refractivity contribution in [3.05, 3.63) is 65.4 Å². The molecule has 1 aliphatic carbocycles. The summed E-state index contributed by atoms with van der Waals surface area (Å²) in [5, 5.41) is 1.20. The Kier molecular flexibility index (Phi) is 3.30. The summed E-state index contributed by atoms with van der Waals surface area (Å²) < 4.78 is 0. The van der Waals surface area contributed by atoms with E-state index in [1.165, 1.54) is 29.5 Å². The molecular weight excluding hydrogens is 296 g/mol. The summed E-state index contributed by atoms with van der Waals surface area (Å²) in [5.74, 6) is 1.70. The molecule has 0 radical (unpaired) electrons. The molecule has 4 nitrogen and oxygen atoms in total. The largest absolute Gasteiger partial charge is 0.293 e. The monoisotopic (exact) mass is 316 g/mol. The molecular formula is C20H20N4. The second kappa shape index (κ2) is 5.64. The number of hydrogen-bond acceptors (Lipinski definition) is 4. The van der Waals surface area contributed by atoms with E-state index < -0.39 is 0 Å². The Morgan fingerprint density at radius 1 is 1.04 bits per heavy atom. The summed E-state index contributed by atoms with van der Waals surface area (Å²) in [6.45, 7) is 2.85. The van der Waals surface area contributed by atoms with Crippen LogP contribution in [0.3, 0.4) is 0 Å². The summed E-state index contributed by atoms with van der Waals surface area (Å²) in [6, 6.07) is 12.6. The van der Waals surface area contributed by atoms with E-state index in [4.69, 9.17) is 9.97 Å². The first kappa shape index (κ1) is 14.1. The first-order valence-electron chi connectivity index (χ1n) is 8.77. The van der Waals surface area contributed by atoms with E-state index >= 15 is 0 Å². The molecule has 1 saturated carbocycles. The highest BCUT2D eigenvalue weighted by Gasteiger charge is 2.28. The molecule has 120 valence electrons. The fraction of sp³-hybridized carbons (Fsp3) is 0.350. The Hall–Kier alpha value is -2.33. The van der Waals surface area contributed by atoms with E-state index in [9.17, 15) is 0 Å². The third-order valence-corrected chi connectivity index (χ3v) is 5.02. The lowest BCUT2D eigenvalue weighted by Gasteiger charge is -2.27. The maximum absolute atomic E-state index is 4.80. The zero-order valence-corrected chi connectivity index (χ0v) is 13.7. The normalized spacial score (nSPS) is 17.8. The molecule has 0 N–H and O–H groups in total. The van der Waals surface area contributed by atoms with Crippen molar-refractivity contribution < 1.29 is 0 Å². The highest BCUT2D eigenvalue weighted by Crippen LogP contribution is 2.38. The van der Waals surface area contributed by atoms with Gasteiger partial charge in [-0.3, -0.25) is 9.88 Å². The van der Waals surface area contributed by atoms with Gasteiger partial charge in [0.15, 0.2) is 0 Å². The van der Waals surface area contributed by atoms with E-state index in [0.29, 0.717) is 5.92 Å². The number of rotatable bonds is 3. The van der Waals surface area contributed by atoms with Gasteiger partial charge < -0.3 is 0 Å². The van der Waals surface area contributed by atoms with E-state index in [1.807, 2.05) is 6.07 Å². The predicted molar refractivity (Wildman–Crippen MR) is 93.6 cm³/mol.